The van der Waals surface area contributed by atoms with Gasteiger partial charge < -0.3 is 4.74 Å². The van der Waals surface area contributed by atoms with Gasteiger partial charge in [0.05, 0.1) is 7.11 Å². The number of hydrogen-bond donors (Lipinski definition) is 0. The molecule has 4 nitrogen and oxygen atoms in total. The van der Waals surface area contributed by atoms with E-state index in [1.807, 2.05) is 12.3 Å². The molecule has 0 aromatic carbocycles. The lowest BCUT2D eigenvalue weighted by atomic mass is 10.1. The van der Waals surface area contributed by atoms with Crippen LogP contribution in [0.4, 0.5) is 0 Å². The number of aromatic nitrogens is 2. The number of esters is 1. The van der Waals surface area contributed by atoms with E-state index in [-0.39, 0.29) is 5.97 Å². The normalized spacial score (nSPS) is 10.3. The average Bonchev–Trinajstić information content (AvgIpc) is 2.71. The summed E-state index contributed by atoms with van der Waals surface area (Å²) in [7, 11) is 1.37. The first kappa shape index (κ1) is 12.2. The predicted octanol–water partition coefficient (Wildman–Crippen LogP) is 3.06. The zero-order valence-electron chi connectivity index (χ0n) is 9.23. The number of thiophene rings is 1. The monoisotopic (exact) mass is 312 g/mol. The van der Waals surface area contributed by atoms with E-state index in [1.165, 1.54) is 24.8 Å². The Morgan fingerprint density at radius 2 is 2.29 bits per heavy atom. The molecule has 2 heterocycles. The molecule has 17 heavy (non-hydrogen) atoms. The fraction of sp³-hybridized carbons (Fsp3) is 0.182. The summed E-state index contributed by atoms with van der Waals surface area (Å²) in [6, 6.07) is 0. The Hall–Kier alpha value is -1.27. The lowest BCUT2D eigenvalue weighted by Gasteiger charge is -2.05. The van der Waals surface area contributed by atoms with E-state index in [4.69, 9.17) is 4.74 Å². The Kier molecular flexibility index (Phi) is 3.54. The fourth-order valence-corrected chi connectivity index (χ4v) is 2.88. The highest BCUT2D eigenvalue weighted by molar-refractivity contribution is 9.10. The van der Waals surface area contributed by atoms with Gasteiger partial charge in [0, 0.05) is 17.3 Å². The predicted molar refractivity (Wildman–Crippen MR) is 69.1 cm³/mol. The summed E-state index contributed by atoms with van der Waals surface area (Å²) in [5, 5.41) is 1.92. The van der Waals surface area contributed by atoms with Crippen LogP contribution in [-0.4, -0.2) is 23.0 Å². The molecular weight excluding hydrogens is 304 g/mol. The van der Waals surface area contributed by atoms with E-state index in [2.05, 4.69) is 25.9 Å². The van der Waals surface area contributed by atoms with Gasteiger partial charge in [-0.05, 0) is 33.8 Å². The number of halogens is 1. The van der Waals surface area contributed by atoms with Crippen molar-refractivity contribution in [3.8, 4) is 11.1 Å². The van der Waals surface area contributed by atoms with Crippen LogP contribution < -0.4 is 0 Å². The summed E-state index contributed by atoms with van der Waals surface area (Å²) in [5.41, 5.74) is 2.63. The van der Waals surface area contributed by atoms with Gasteiger partial charge >= 0.3 is 5.97 Å². The second-order valence-corrected chi connectivity index (χ2v) is 4.97. The molecule has 0 aliphatic rings. The van der Waals surface area contributed by atoms with E-state index in [1.54, 1.807) is 6.20 Å². The molecule has 0 unspecified atom stereocenters. The molecule has 0 aliphatic heterocycles. The number of nitrogens with zero attached hydrogens (tertiary/aromatic N) is 2. The molecule has 0 bridgehead atoms. The van der Waals surface area contributed by atoms with Crippen LogP contribution in [0.25, 0.3) is 11.1 Å². The fourth-order valence-electron chi connectivity index (χ4n) is 1.50. The molecule has 2 aromatic heterocycles. The number of hydrogen-bond acceptors (Lipinski definition) is 5. The number of methoxy groups -OCH3 is 1. The van der Waals surface area contributed by atoms with E-state index in [0.29, 0.717) is 9.48 Å². The molecule has 0 saturated carbocycles. The molecule has 0 spiro atoms. The third kappa shape index (κ3) is 2.23. The maximum Gasteiger partial charge on any atom is 0.348 e. The second kappa shape index (κ2) is 4.93. The van der Waals surface area contributed by atoms with Gasteiger partial charge in [-0.1, -0.05) is 0 Å². The minimum Gasteiger partial charge on any atom is -0.465 e. The van der Waals surface area contributed by atoms with Crippen LogP contribution in [0.2, 0.25) is 0 Å². The maximum atomic E-state index is 11.7. The van der Waals surface area contributed by atoms with Crippen LogP contribution in [0.1, 0.15) is 15.2 Å². The summed E-state index contributed by atoms with van der Waals surface area (Å²) in [6.07, 6.45) is 3.13. The maximum absolute atomic E-state index is 11.7. The largest absolute Gasteiger partial charge is 0.465 e. The molecule has 2 rings (SSSR count). The number of carbonyl (C=O) groups is 1. The summed E-state index contributed by atoms with van der Waals surface area (Å²) in [4.78, 5) is 20.3. The first-order valence-electron chi connectivity index (χ1n) is 4.77. The second-order valence-electron chi connectivity index (χ2n) is 3.34. The van der Waals surface area contributed by atoms with Gasteiger partial charge in [-0.15, -0.1) is 11.3 Å². The van der Waals surface area contributed by atoms with Crippen LogP contribution in [0.15, 0.2) is 22.5 Å². The minimum atomic E-state index is -0.339. The molecule has 0 radical (unpaired) electrons. The van der Waals surface area contributed by atoms with E-state index in [0.717, 1.165) is 16.7 Å². The first-order chi connectivity index (χ1) is 8.15. The summed E-state index contributed by atoms with van der Waals surface area (Å²) in [6.45, 7) is 1.94. The first-order valence-corrected chi connectivity index (χ1v) is 6.44. The zero-order chi connectivity index (χ0) is 12.4. The lowest BCUT2D eigenvalue weighted by molar-refractivity contribution is 0.0607. The third-order valence-electron chi connectivity index (χ3n) is 2.28. The molecule has 0 N–H and O–H groups in total. The van der Waals surface area contributed by atoms with E-state index >= 15 is 0 Å². The molecule has 0 saturated heterocycles. The molecule has 0 aliphatic carbocycles. The molecule has 2 aromatic rings. The molecule has 88 valence electrons. The molecule has 0 fully saturated rings. The lowest BCUT2D eigenvalue weighted by Crippen LogP contribution is -2.01. The molecule has 6 heteroatoms. The SMILES string of the molecule is COC(=O)c1scc(C)c1-c1cncnc1Br. The van der Waals surface area contributed by atoms with Gasteiger partial charge in [0.25, 0.3) is 0 Å². The van der Waals surface area contributed by atoms with Crippen molar-refractivity contribution in [2.45, 2.75) is 6.92 Å². The van der Waals surface area contributed by atoms with Gasteiger partial charge in [-0.3, -0.25) is 0 Å². The molecular formula is C11H9BrN2O2S. The van der Waals surface area contributed by atoms with Crippen molar-refractivity contribution in [2.75, 3.05) is 7.11 Å². The summed E-state index contributed by atoms with van der Waals surface area (Å²) in [5.74, 6) is -0.339. The smallest absolute Gasteiger partial charge is 0.348 e. The van der Waals surface area contributed by atoms with Crippen molar-refractivity contribution in [2.24, 2.45) is 0 Å². The van der Waals surface area contributed by atoms with Crippen molar-refractivity contribution >= 4 is 33.2 Å². The highest BCUT2D eigenvalue weighted by atomic mass is 79.9. The van der Waals surface area contributed by atoms with E-state index in [9.17, 15) is 4.79 Å². The number of rotatable bonds is 2. The Labute approximate surface area is 111 Å². The topological polar surface area (TPSA) is 52.1 Å². The van der Waals surface area contributed by atoms with Crippen molar-refractivity contribution in [1.82, 2.24) is 9.97 Å². The van der Waals surface area contributed by atoms with Crippen molar-refractivity contribution in [3.63, 3.8) is 0 Å². The van der Waals surface area contributed by atoms with Crippen LogP contribution in [0.5, 0.6) is 0 Å². The van der Waals surface area contributed by atoms with Crippen molar-refractivity contribution in [1.29, 1.82) is 0 Å². The summed E-state index contributed by atoms with van der Waals surface area (Å²) >= 11 is 4.72. The quantitative estimate of drug-likeness (QED) is 0.631. The third-order valence-corrected chi connectivity index (χ3v) is 3.99. The van der Waals surface area contributed by atoms with Gasteiger partial charge in [0.15, 0.2) is 0 Å². The van der Waals surface area contributed by atoms with Gasteiger partial charge in [0.1, 0.15) is 15.8 Å². The van der Waals surface area contributed by atoms with Crippen molar-refractivity contribution in [3.05, 3.63) is 32.9 Å². The minimum absolute atomic E-state index is 0.339. The van der Waals surface area contributed by atoms with Crippen molar-refractivity contribution < 1.29 is 9.53 Å². The molecule has 0 amide bonds. The average molecular weight is 313 g/mol. The Morgan fingerprint density at radius 1 is 1.53 bits per heavy atom. The zero-order valence-corrected chi connectivity index (χ0v) is 11.6. The Balaban J connectivity index is 2.63. The van der Waals surface area contributed by atoms with Crippen LogP contribution in [-0.2, 0) is 4.74 Å². The van der Waals surface area contributed by atoms with Gasteiger partial charge in [0.2, 0.25) is 0 Å². The highest BCUT2D eigenvalue weighted by Crippen LogP contribution is 2.35. The van der Waals surface area contributed by atoms with E-state index < -0.39 is 0 Å². The number of ether oxygens (including phenoxy) is 1. The number of aryl methyl sites for hydroxylation is 1. The van der Waals surface area contributed by atoms with Crippen LogP contribution in [0, 0.1) is 6.92 Å². The summed E-state index contributed by atoms with van der Waals surface area (Å²) < 4.78 is 5.43. The highest BCUT2D eigenvalue weighted by Gasteiger charge is 2.20. The van der Waals surface area contributed by atoms with Gasteiger partial charge in [-0.25, -0.2) is 14.8 Å². The molecule has 0 atom stereocenters. The standard InChI is InChI=1S/C11H9BrN2O2S/c1-6-4-17-9(11(15)16-2)8(6)7-3-13-5-14-10(7)12/h3-5H,1-2H3. The Morgan fingerprint density at radius 3 is 2.94 bits per heavy atom. The van der Waals surface area contributed by atoms with Gasteiger partial charge in [-0.2, -0.15) is 0 Å². The van der Waals surface area contributed by atoms with Crippen LogP contribution in [0.3, 0.4) is 0 Å². The number of carbonyl (C=O) groups excluding carboxylic acids is 1. The Bertz CT molecular complexity index is 568. The van der Waals surface area contributed by atoms with Crippen LogP contribution >= 0.6 is 27.3 Å².